The second kappa shape index (κ2) is 8.70. The van der Waals surface area contributed by atoms with Crippen LogP contribution in [0.5, 0.6) is 0 Å². The van der Waals surface area contributed by atoms with Crippen molar-refractivity contribution in [2.75, 3.05) is 17.2 Å². The number of anilines is 2. The van der Waals surface area contributed by atoms with Gasteiger partial charge in [0.05, 0.1) is 33.5 Å². The summed E-state index contributed by atoms with van der Waals surface area (Å²) in [5, 5.41) is 21.3. The van der Waals surface area contributed by atoms with Crippen molar-refractivity contribution in [3.8, 4) is 6.07 Å². The smallest absolute Gasteiger partial charge is 0.103 e. The van der Waals surface area contributed by atoms with Crippen LogP contribution in [-0.4, -0.2) is 22.6 Å². The van der Waals surface area contributed by atoms with E-state index in [9.17, 15) is 5.26 Å². The van der Waals surface area contributed by atoms with Gasteiger partial charge in [0.1, 0.15) is 6.07 Å². The molecule has 4 aliphatic carbocycles. The summed E-state index contributed by atoms with van der Waals surface area (Å²) in [7, 11) is 0. The summed E-state index contributed by atoms with van der Waals surface area (Å²) < 4.78 is 0. The van der Waals surface area contributed by atoms with Crippen LogP contribution in [0.1, 0.15) is 49.3 Å². The van der Waals surface area contributed by atoms with Crippen molar-refractivity contribution < 1.29 is 0 Å². The third kappa shape index (κ3) is 4.04. The molecule has 1 aromatic heterocycles. The van der Waals surface area contributed by atoms with Gasteiger partial charge < -0.3 is 16.1 Å². The zero-order valence-electron chi connectivity index (χ0n) is 20.2. The van der Waals surface area contributed by atoms with E-state index < -0.39 is 0 Å². The van der Waals surface area contributed by atoms with Gasteiger partial charge in [-0.05, 0) is 67.2 Å². The maximum atomic E-state index is 9.85. The number of hydrogen-bond acceptors (Lipinski definition) is 7. The van der Waals surface area contributed by atoms with E-state index in [1.165, 1.54) is 32.1 Å². The summed E-state index contributed by atoms with van der Waals surface area (Å²) in [5.74, 6) is 0.905. The summed E-state index contributed by atoms with van der Waals surface area (Å²) in [6.07, 6.45) is 9.92. The van der Waals surface area contributed by atoms with Crippen LogP contribution < -0.4 is 21.6 Å². The molecule has 3 aromatic rings. The molecule has 8 rings (SSSR count). The minimum absolute atomic E-state index is 0.247. The summed E-state index contributed by atoms with van der Waals surface area (Å²) in [4.78, 5) is 4.52. The van der Waals surface area contributed by atoms with E-state index in [0.717, 1.165) is 40.5 Å². The molecule has 0 amide bonds. The summed E-state index contributed by atoms with van der Waals surface area (Å²) in [6, 6.07) is 14.3. The maximum absolute atomic E-state index is 9.85. The van der Waals surface area contributed by atoms with Gasteiger partial charge in [-0.25, -0.2) is 0 Å². The largest absolute Gasteiger partial charge is 0.383 e. The number of nitrogens with zero attached hydrogens (tertiary/aromatic N) is 3. The highest BCUT2D eigenvalue weighted by Crippen LogP contribution is 2.64. The SMILES string of the molecule is N#Cc1cnc2c(Cl)cc(N[C@H](C3=CN(C4CC4)NN3)c3ccccc3Cl)cc2c1NCC12CC(C1)C2. The number of hydrogen-bond donors (Lipinski definition) is 4. The van der Waals surface area contributed by atoms with Crippen molar-refractivity contribution in [2.45, 2.75) is 44.2 Å². The fraction of sp³-hybridized carbons (Fsp3) is 0.357. The van der Waals surface area contributed by atoms with Crippen molar-refractivity contribution >= 4 is 45.5 Å². The zero-order chi connectivity index (χ0) is 25.1. The highest BCUT2D eigenvalue weighted by molar-refractivity contribution is 6.36. The van der Waals surface area contributed by atoms with Gasteiger partial charge in [0.25, 0.3) is 0 Å². The predicted molar refractivity (Wildman–Crippen MR) is 147 cm³/mol. The molecule has 1 atom stereocenters. The standard InChI is InChI=1S/C28H27Cl2N7/c29-22-4-2-1-3-20(22)27(24-14-37(36-35-24)19-5-6-19)34-18-7-21-25(33-15-28-9-16(10-28)11-28)17(12-31)13-32-26(21)23(30)8-18/h1-4,7-8,13-14,16,19,27,34-36H,5-6,9-11,15H2,(H,32,33)/t16?,27-,28?/m0/s1. The average molecular weight is 532 g/mol. The zero-order valence-corrected chi connectivity index (χ0v) is 21.7. The number of pyridine rings is 1. The predicted octanol–water partition coefficient (Wildman–Crippen LogP) is 6.11. The first kappa shape index (κ1) is 23.0. The molecule has 0 radical (unpaired) electrons. The van der Waals surface area contributed by atoms with Gasteiger partial charge in [-0.2, -0.15) is 5.26 Å². The Morgan fingerprint density at radius 2 is 1.97 bits per heavy atom. The fourth-order valence-electron chi connectivity index (χ4n) is 6.01. The van der Waals surface area contributed by atoms with Gasteiger partial charge in [-0.1, -0.05) is 41.4 Å². The van der Waals surface area contributed by atoms with E-state index in [1.807, 2.05) is 36.4 Å². The number of nitriles is 1. The van der Waals surface area contributed by atoms with Crippen LogP contribution in [-0.2, 0) is 0 Å². The van der Waals surface area contributed by atoms with E-state index in [2.05, 4.69) is 43.9 Å². The van der Waals surface area contributed by atoms with Gasteiger partial charge in [0.2, 0.25) is 0 Å². The molecule has 0 saturated heterocycles. The van der Waals surface area contributed by atoms with Gasteiger partial charge >= 0.3 is 0 Å². The fourth-order valence-corrected chi connectivity index (χ4v) is 6.52. The normalized spacial score (nSPS) is 24.4. The van der Waals surface area contributed by atoms with Crippen molar-refractivity contribution in [3.63, 3.8) is 0 Å². The quantitative estimate of drug-likeness (QED) is 0.279. The van der Waals surface area contributed by atoms with Gasteiger partial charge in [-0.15, -0.1) is 5.53 Å². The second-order valence-electron chi connectivity index (χ2n) is 10.9. The summed E-state index contributed by atoms with van der Waals surface area (Å²) in [5.41, 5.74) is 11.7. The molecule has 0 spiro atoms. The highest BCUT2D eigenvalue weighted by atomic mass is 35.5. The van der Waals surface area contributed by atoms with Crippen molar-refractivity contribution in [1.29, 1.82) is 5.26 Å². The van der Waals surface area contributed by atoms with E-state index in [4.69, 9.17) is 23.2 Å². The number of nitrogens with one attached hydrogen (secondary N) is 4. The van der Waals surface area contributed by atoms with E-state index in [1.54, 1.807) is 6.20 Å². The Hall–Kier alpha value is -3.18. The number of benzene rings is 2. The van der Waals surface area contributed by atoms with Crippen LogP contribution in [0.25, 0.3) is 10.9 Å². The highest BCUT2D eigenvalue weighted by Gasteiger charge is 2.56. The third-order valence-corrected chi connectivity index (χ3v) is 8.87. The van der Waals surface area contributed by atoms with Crippen LogP contribution >= 0.6 is 23.2 Å². The lowest BCUT2D eigenvalue weighted by Crippen LogP contribution is -2.55. The number of fused-ring (bicyclic) bond motifs is 1. The molecule has 4 saturated carbocycles. The molecule has 188 valence electrons. The molecular weight excluding hydrogens is 505 g/mol. The third-order valence-electron chi connectivity index (χ3n) is 8.24. The Labute approximate surface area is 225 Å². The molecule has 1 aliphatic heterocycles. The number of rotatable bonds is 8. The molecule has 9 heteroatoms. The van der Waals surface area contributed by atoms with Crippen LogP contribution in [0, 0.1) is 22.7 Å². The first-order valence-electron chi connectivity index (χ1n) is 12.8. The molecule has 2 aromatic carbocycles. The van der Waals surface area contributed by atoms with Crippen LogP contribution in [0.4, 0.5) is 11.4 Å². The van der Waals surface area contributed by atoms with Crippen LogP contribution in [0.2, 0.25) is 10.0 Å². The topological polar surface area (TPSA) is 88.0 Å². The van der Waals surface area contributed by atoms with Crippen molar-refractivity contribution in [2.24, 2.45) is 11.3 Å². The van der Waals surface area contributed by atoms with Gasteiger partial charge in [0, 0.05) is 41.1 Å². The molecule has 4 fully saturated rings. The molecule has 2 bridgehead atoms. The molecule has 37 heavy (non-hydrogen) atoms. The van der Waals surface area contributed by atoms with Crippen LogP contribution in [0.3, 0.4) is 0 Å². The minimum Gasteiger partial charge on any atom is -0.383 e. The Kier molecular flexibility index (Phi) is 5.40. The van der Waals surface area contributed by atoms with Gasteiger partial charge in [0.15, 0.2) is 0 Å². The second-order valence-corrected chi connectivity index (χ2v) is 11.7. The maximum Gasteiger partial charge on any atom is 0.103 e. The van der Waals surface area contributed by atoms with Gasteiger partial charge in [-0.3, -0.25) is 9.99 Å². The van der Waals surface area contributed by atoms with E-state index in [-0.39, 0.29) is 6.04 Å². The molecule has 2 heterocycles. The first-order chi connectivity index (χ1) is 18.0. The monoisotopic (exact) mass is 531 g/mol. The molecule has 7 nitrogen and oxygen atoms in total. The lowest BCUT2D eigenvalue weighted by atomic mass is 9.44. The Balaban J connectivity index is 1.26. The Bertz CT molecular complexity index is 1460. The average Bonchev–Trinajstić information content (AvgIpc) is 3.58. The molecule has 4 N–H and O–H groups in total. The summed E-state index contributed by atoms with van der Waals surface area (Å²) >= 11 is 13.4. The van der Waals surface area contributed by atoms with Crippen molar-refractivity contribution in [3.05, 3.63) is 75.7 Å². The molecular formula is C28H27Cl2N7. The number of aromatic nitrogens is 1. The summed E-state index contributed by atoms with van der Waals surface area (Å²) in [6.45, 7) is 0.869. The lowest BCUT2D eigenvalue weighted by Gasteiger charge is -2.62. The number of halogens is 2. The molecule has 5 aliphatic rings. The van der Waals surface area contributed by atoms with Crippen molar-refractivity contribution in [1.82, 2.24) is 21.0 Å². The Morgan fingerprint density at radius 3 is 2.68 bits per heavy atom. The van der Waals surface area contributed by atoms with E-state index >= 15 is 0 Å². The number of hydrazine groups is 2. The van der Waals surface area contributed by atoms with Crippen LogP contribution in [0.15, 0.2) is 54.5 Å². The molecule has 0 unspecified atom stereocenters. The Morgan fingerprint density at radius 1 is 1.16 bits per heavy atom. The van der Waals surface area contributed by atoms with E-state index in [0.29, 0.717) is 32.6 Å². The first-order valence-corrected chi connectivity index (χ1v) is 13.6. The lowest BCUT2D eigenvalue weighted by molar-refractivity contribution is -0.0929. The minimum atomic E-state index is -0.247.